The van der Waals surface area contributed by atoms with E-state index >= 15 is 0 Å². The third-order valence-electron chi connectivity index (χ3n) is 0.912. The second kappa shape index (κ2) is 8.67. The van der Waals surface area contributed by atoms with Gasteiger partial charge in [-0.1, -0.05) is 0 Å². The van der Waals surface area contributed by atoms with Gasteiger partial charge in [-0.2, -0.15) is 0 Å². The summed E-state index contributed by atoms with van der Waals surface area (Å²) in [6.07, 6.45) is 1.38. The molecule has 4 nitrogen and oxygen atoms in total. The van der Waals surface area contributed by atoms with Crippen molar-refractivity contribution in [3.8, 4) is 0 Å². The number of halogens is 1. The summed E-state index contributed by atoms with van der Waals surface area (Å²) in [5.74, 6) is 0.924. The molecule has 0 aliphatic rings. The summed E-state index contributed by atoms with van der Waals surface area (Å²) in [7, 11) is 0. The fraction of sp³-hybridized carbons (Fsp3) is 0.667. The summed E-state index contributed by atoms with van der Waals surface area (Å²) >= 11 is 1.16. The number of ketones is 1. The second-order valence-electron chi connectivity index (χ2n) is 2.11. The zero-order valence-electron chi connectivity index (χ0n) is 6.88. The van der Waals surface area contributed by atoms with Crippen molar-refractivity contribution in [2.45, 2.75) is 19.8 Å². The molecule has 0 fully saturated rings. The van der Waals surface area contributed by atoms with Crippen LogP contribution in [0.1, 0.15) is 19.8 Å². The number of Topliss-reactive ketones (excluding diaryl/α,β-unsaturated/α-hetero) is 1. The standard InChI is InChI=1S/C6H12N2O2S.ClH/c1-5(9)3-2-4-11-10-6(7)8;/h2-4H2,1H3,(H3,7,8);1H. The Morgan fingerprint density at radius 3 is 2.67 bits per heavy atom. The maximum absolute atomic E-state index is 10.4. The Morgan fingerprint density at radius 2 is 2.25 bits per heavy atom. The molecule has 0 aliphatic heterocycles. The van der Waals surface area contributed by atoms with E-state index in [0.29, 0.717) is 6.42 Å². The Labute approximate surface area is 82.3 Å². The average molecular weight is 213 g/mol. The van der Waals surface area contributed by atoms with Crippen LogP contribution in [0.15, 0.2) is 0 Å². The number of rotatable bonds is 5. The van der Waals surface area contributed by atoms with E-state index in [0.717, 1.165) is 24.2 Å². The first-order valence-electron chi connectivity index (χ1n) is 3.29. The van der Waals surface area contributed by atoms with E-state index in [-0.39, 0.29) is 24.2 Å². The van der Waals surface area contributed by atoms with Gasteiger partial charge in [0.05, 0.1) is 12.0 Å². The van der Waals surface area contributed by atoms with E-state index in [1.807, 2.05) is 0 Å². The van der Waals surface area contributed by atoms with Crippen molar-refractivity contribution in [3.63, 3.8) is 0 Å². The maximum Gasteiger partial charge on any atom is 0.449 e. The molecular weight excluding hydrogens is 200 g/mol. The topological polar surface area (TPSA) is 77.9 Å². The third kappa shape index (κ3) is 12.3. The van der Waals surface area contributed by atoms with Crippen LogP contribution in [-0.2, 0) is 8.98 Å². The van der Waals surface area contributed by atoms with Crippen LogP contribution in [-0.4, -0.2) is 17.6 Å². The van der Waals surface area contributed by atoms with Crippen molar-refractivity contribution in [2.24, 2.45) is 5.73 Å². The van der Waals surface area contributed by atoms with Gasteiger partial charge in [-0.05, 0) is 13.3 Å². The molecule has 12 heavy (non-hydrogen) atoms. The lowest BCUT2D eigenvalue weighted by molar-refractivity contribution is -0.131. The van der Waals surface area contributed by atoms with Gasteiger partial charge >= 0.3 is 6.02 Å². The highest BCUT2D eigenvalue weighted by atomic mass is 35.5. The molecule has 0 radical (unpaired) electrons. The van der Waals surface area contributed by atoms with Gasteiger partial charge in [-0.15, -0.1) is 0 Å². The molecule has 0 unspecified atom stereocenters. The molecular formula is C6H13ClN2O2S. The highest BCUT2D eigenvalue weighted by Gasteiger charge is 1.97. The van der Waals surface area contributed by atoms with Gasteiger partial charge in [0.1, 0.15) is 5.78 Å². The van der Waals surface area contributed by atoms with Crippen LogP contribution in [0.3, 0.4) is 0 Å². The van der Waals surface area contributed by atoms with Gasteiger partial charge in [-0.3, -0.25) is 11.1 Å². The molecule has 0 atom stereocenters. The van der Waals surface area contributed by atoms with Gasteiger partial charge in [0.25, 0.3) is 0 Å². The van der Waals surface area contributed by atoms with Crippen LogP contribution < -0.4 is 23.5 Å². The van der Waals surface area contributed by atoms with E-state index in [1.54, 1.807) is 6.92 Å². The normalized spacial score (nSPS) is 8.42. The van der Waals surface area contributed by atoms with Crippen molar-refractivity contribution in [3.05, 3.63) is 0 Å². The summed E-state index contributed by atoms with van der Waals surface area (Å²) in [6.45, 7) is 1.56. The van der Waals surface area contributed by atoms with Crippen LogP contribution in [0.2, 0.25) is 0 Å². The van der Waals surface area contributed by atoms with E-state index in [4.69, 9.17) is 15.3 Å². The Bertz CT molecular complexity index is 138. The molecule has 0 aliphatic carbocycles. The Balaban J connectivity index is 0. The van der Waals surface area contributed by atoms with Gasteiger partial charge in [0.2, 0.25) is 0 Å². The van der Waals surface area contributed by atoms with Crippen LogP contribution in [0, 0.1) is 0 Å². The first-order chi connectivity index (χ1) is 5.13. The Kier molecular flexibility index (Phi) is 10.2. The zero-order valence-corrected chi connectivity index (χ0v) is 8.45. The minimum atomic E-state index is -0.0437. The molecule has 4 N–H and O–H groups in total. The molecule has 0 aromatic carbocycles. The average Bonchev–Trinajstić information content (AvgIpc) is 1.85. The van der Waals surface area contributed by atoms with E-state index in [9.17, 15) is 4.79 Å². The van der Waals surface area contributed by atoms with Gasteiger partial charge in [0.15, 0.2) is 0 Å². The van der Waals surface area contributed by atoms with E-state index in [2.05, 4.69) is 0 Å². The van der Waals surface area contributed by atoms with Crippen molar-refractivity contribution < 1.29 is 26.8 Å². The van der Waals surface area contributed by atoms with Crippen molar-refractivity contribution in [2.75, 3.05) is 5.75 Å². The highest BCUT2D eigenvalue weighted by molar-refractivity contribution is 7.95. The zero-order chi connectivity index (χ0) is 8.69. The first-order valence-corrected chi connectivity index (χ1v) is 4.21. The van der Waals surface area contributed by atoms with Crippen molar-refractivity contribution in [1.82, 2.24) is 0 Å². The molecule has 6 heteroatoms. The molecule has 0 saturated carbocycles. The number of nitrogens with two attached hydrogens (primary N) is 2. The summed E-state index contributed by atoms with van der Waals surface area (Å²) in [6, 6.07) is -0.0437. The van der Waals surface area contributed by atoms with Crippen molar-refractivity contribution >= 4 is 23.8 Å². The molecule has 0 saturated heterocycles. The summed E-state index contributed by atoms with van der Waals surface area (Å²) in [5, 5.41) is 5.02. The Morgan fingerprint density at radius 1 is 1.67 bits per heavy atom. The highest BCUT2D eigenvalue weighted by Crippen LogP contribution is 2.04. The number of carbonyl (C=O) groups is 1. The van der Waals surface area contributed by atoms with E-state index in [1.165, 1.54) is 0 Å². The first kappa shape index (κ1) is 14.1. The number of carbonyl (C=O) groups excluding carboxylic acids is 1. The predicted octanol–water partition coefficient (Wildman–Crippen LogP) is -3.90. The maximum atomic E-state index is 10.4. The minimum Gasteiger partial charge on any atom is -1.00 e. The molecule has 0 aromatic heterocycles. The quantitative estimate of drug-likeness (QED) is 0.211. The lowest BCUT2D eigenvalue weighted by Crippen LogP contribution is -3.00. The predicted molar refractivity (Wildman–Crippen MR) is 44.6 cm³/mol. The van der Waals surface area contributed by atoms with E-state index < -0.39 is 0 Å². The fourth-order valence-corrected chi connectivity index (χ4v) is 0.971. The summed E-state index contributed by atoms with van der Waals surface area (Å²) < 4.78 is 4.70. The second-order valence-corrected chi connectivity index (χ2v) is 2.92. The molecule has 0 bridgehead atoms. The molecule has 0 heterocycles. The minimum absolute atomic E-state index is 0. The lowest BCUT2D eigenvalue weighted by Gasteiger charge is -1.95. The van der Waals surface area contributed by atoms with Crippen LogP contribution >= 0.6 is 12.0 Å². The lowest BCUT2D eigenvalue weighted by atomic mass is 10.3. The Hall–Kier alpha value is -0.420. The number of amidine groups is 1. The monoisotopic (exact) mass is 212 g/mol. The van der Waals surface area contributed by atoms with Gasteiger partial charge < -0.3 is 21.4 Å². The van der Waals surface area contributed by atoms with Crippen LogP contribution in [0.4, 0.5) is 0 Å². The summed E-state index contributed by atoms with van der Waals surface area (Å²) in [4.78, 5) is 10.4. The number of hydrogen-bond donors (Lipinski definition) is 2. The molecule has 0 spiro atoms. The van der Waals surface area contributed by atoms with Crippen LogP contribution in [0.5, 0.6) is 0 Å². The van der Waals surface area contributed by atoms with Gasteiger partial charge in [-0.25, -0.2) is 0 Å². The SMILES string of the molecule is CC(=O)CCCSOC(N)=[NH2+].[Cl-]. The molecule has 72 valence electrons. The molecule has 0 aromatic rings. The number of hydrogen-bond acceptors (Lipinski definition) is 3. The summed E-state index contributed by atoms with van der Waals surface area (Å²) in [5.41, 5.74) is 5.02. The smallest absolute Gasteiger partial charge is 0.449 e. The fourth-order valence-electron chi connectivity index (χ4n) is 0.490. The van der Waals surface area contributed by atoms with Crippen molar-refractivity contribution in [1.29, 1.82) is 0 Å². The molecule has 0 amide bonds. The van der Waals surface area contributed by atoms with Gasteiger partial charge in [0, 0.05) is 12.2 Å². The van der Waals surface area contributed by atoms with Crippen LogP contribution in [0.25, 0.3) is 0 Å². The molecule has 0 rings (SSSR count). The largest absolute Gasteiger partial charge is 1.00 e. The third-order valence-corrected chi connectivity index (χ3v) is 1.68.